The van der Waals surface area contributed by atoms with Crippen LogP contribution in [0.15, 0.2) is 48.5 Å². The molecule has 0 spiro atoms. The molecular formula is C25H25N3O3S2. The van der Waals surface area contributed by atoms with Crippen LogP contribution in [0.25, 0.3) is 20.8 Å². The average Bonchev–Trinajstić information content (AvgIpc) is 3.42. The summed E-state index contributed by atoms with van der Waals surface area (Å²) in [6.07, 6.45) is 0.957. The number of likely N-dealkylation sites (N-methyl/N-ethyl adjacent to an activating group) is 1. The van der Waals surface area contributed by atoms with E-state index in [1.54, 1.807) is 35.8 Å². The van der Waals surface area contributed by atoms with E-state index in [0.29, 0.717) is 11.5 Å². The number of nitrogens with zero attached hydrogens (tertiary/aromatic N) is 2. The van der Waals surface area contributed by atoms with Gasteiger partial charge in [0.1, 0.15) is 10.0 Å². The number of anilines is 1. The molecule has 2 aromatic heterocycles. The third-order valence-electron chi connectivity index (χ3n) is 5.77. The summed E-state index contributed by atoms with van der Waals surface area (Å²) in [6, 6.07) is 15.5. The number of methoxy groups -OCH3 is 1. The van der Waals surface area contributed by atoms with Crippen molar-refractivity contribution in [2.75, 3.05) is 32.1 Å². The molecule has 0 unspecified atom stereocenters. The standard InChI is InChI=1S/C25H25N3O3S2/c1-3-28-13-12-16-21(14-28)33-25(23(16)24-26-17-8-4-7-11-20(17)32-24)27-22(29)15-31-19-10-6-5-9-18(19)30-2/h4-11H,3,12-15H2,1-2H3,(H,27,29). The summed E-state index contributed by atoms with van der Waals surface area (Å²) in [5.41, 5.74) is 3.36. The Morgan fingerprint density at radius 3 is 2.70 bits per heavy atom. The SMILES string of the molecule is CCN1CCc2c(sc(NC(=O)COc3ccccc3OC)c2-c2nc3ccccc3s2)C1. The van der Waals surface area contributed by atoms with Crippen LogP contribution in [0.2, 0.25) is 0 Å². The first-order valence-electron chi connectivity index (χ1n) is 10.9. The van der Waals surface area contributed by atoms with Gasteiger partial charge in [-0.15, -0.1) is 22.7 Å². The first-order valence-corrected chi connectivity index (χ1v) is 12.6. The van der Waals surface area contributed by atoms with Crippen molar-refractivity contribution >= 4 is 43.8 Å². The second-order valence-corrected chi connectivity index (χ2v) is 9.94. The van der Waals surface area contributed by atoms with E-state index in [1.807, 2.05) is 36.4 Å². The van der Waals surface area contributed by atoms with Crippen molar-refractivity contribution in [2.24, 2.45) is 0 Å². The lowest BCUT2D eigenvalue weighted by molar-refractivity contribution is -0.118. The number of amides is 1. The molecule has 0 atom stereocenters. The Kier molecular flexibility index (Phi) is 6.30. The summed E-state index contributed by atoms with van der Waals surface area (Å²) in [5.74, 6) is 0.950. The van der Waals surface area contributed by atoms with Crippen molar-refractivity contribution in [3.8, 4) is 22.1 Å². The number of para-hydroxylation sites is 3. The Morgan fingerprint density at radius 1 is 1.12 bits per heavy atom. The number of carbonyl (C=O) groups is 1. The lowest BCUT2D eigenvalue weighted by atomic mass is 10.0. The first-order chi connectivity index (χ1) is 16.2. The lowest BCUT2D eigenvalue weighted by Crippen LogP contribution is -2.29. The Balaban J connectivity index is 1.44. The fourth-order valence-corrected chi connectivity index (χ4v) is 6.48. The predicted octanol–water partition coefficient (Wildman–Crippen LogP) is 5.43. The van der Waals surface area contributed by atoms with Crippen molar-refractivity contribution in [1.82, 2.24) is 9.88 Å². The smallest absolute Gasteiger partial charge is 0.262 e. The number of aromatic nitrogens is 1. The third kappa shape index (κ3) is 4.46. The maximum atomic E-state index is 12.9. The van der Waals surface area contributed by atoms with Gasteiger partial charge in [0, 0.05) is 23.5 Å². The van der Waals surface area contributed by atoms with E-state index >= 15 is 0 Å². The molecular weight excluding hydrogens is 454 g/mol. The van der Waals surface area contributed by atoms with Crippen molar-refractivity contribution in [3.05, 3.63) is 59.0 Å². The molecule has 1 amide bonds. The monoisotopic (exact) mass is 479 g/mol. The molecule has 5 rings (SSSR count). The number of fused-ring (bicyclic) bond motifs is 2. The zero-order valence-electron chi connectivity index (χ0n) is 18.6. The number of carbonyl (C=O) groups excluding carboxylic acids is 1. The maximum absolute atomic E-state index is 12.9. The fraction of sp³-hybridized carbons (Fsp3) is 0.280. The van der Waals surface area contributed by atoms with Gasteiger partial charge < -0.3 is 14.8 Å². The van der Waals surface area contributed by atoms with Crippen molar-refractivity contribution in [1.29, 1.82) is 0 Å². The van der Waals surface area contributed by atoms with Crippen LogP contribution in [-0.2, 0) is 17.8 Å². The van der Waals surface area contributed by atoms with E-state index in [2.05, 4.69) is 23.2 Å². The van der Waals surface area contributed by atoms with Crippen LogP contribution in [0.5, 0.6) is 11.5 Å². The van der Waals surface area contributed by atoms with Gasteiger partial charge >= 0.3 is 0 Å². The topological polar surface area (TPSA) is 63.7 Å². The van der Waals surface area contributed by atoms with Crippen molar-refractivity contribution in [2.45, 2.75) is 19.9 Å². The summed E-state index contributed by atoms with van der Waals surface area (Å²) in [6.45, 7) is 5.03. The van der Waals surface area contributed by atoms with Gasteiger partial charge in [-0.3, -0.25) is 9.69 Å². The summed E-state index contributed by atoms with van der Waals surface area (Å²) in [5, 5.41) is 4.92. The van der Waals surface area contributed by atoms with Gasteiger partial charge in [0.2, 0.25) is 0 Å². The molecule has 4 aromatic rings. The summed E-state index contributed by atoms with van der Waals surface area (Å²) < 4.78 is 12.2. The van der Waals surface area contributed by atoms with Gasteiger partial charge in [-0.05, 0) is 42.8 Å². The van der Waals surface area contributed by atoms with Crippen LogP contribution < -0.4 is 14.8 Å². The molecule has 1 aliphatic rings. The summed E-state index contributed by atoms with van der Waals surface area (Å²) in [4.78, 5) is 21.5. The molecule has 33 heavy (non-hydrogen) atoms. The Morgan fingerprint density at radius 2 is 1.91 bits per heavy atom. The number of nitrogens with one attached hydrogen (secondary N) is 1. The quantitative estimate of drug-likeness (QED) is 0.383. The molecule has 0 aliphatic carbocycles. The van der Waals surface area contributed by atoms with Gasteiger partial charge in [-0.2, -0.15) is 0 Å². The Hall–Kier alpha value is -2.94. The molecule has 6 nitrogen and oxygen atoms in total. The molecule has 1 aliphatic heterocycles. The van der Waals surface area contributed by atoms with Crippen molar-refractivity contribution < 1.29 is 14.3 Å². The largest absolute Gasteiger partial charge is 0.493 e. The predicted molar refractivity (Wildman–Crippen MR) is 135 cm³/mol. The van der Waals surface area contributed by atoms with Gasteiger partial charge in [0.15, 0.2) is 18.1 Å². The molecule has 2 aromatic carbocycles. The van der Waals surface area contributed by atoms with Crippen molar-refractivity contribution in [3.63, 3.8) is 0 Å². The van der Waals surface area contributed by atoms with Crippen LogP contribution >= 0.6 is 22.7 Å². The second-order valence-electron chi connectivity index (χ2n) is 7.80. The van der Waals surface area contributed by atoms with Crippen LogP contribution in [-0.4, -0.2) is 42.6 Å². The highest BCUT2D eigenvalue weighted by molar-refractivity contribution is 7.22. The highest BCUT2D eigenvalue weighted by atomic mass is 32.1. The number of rotatable bonds is 7. The zero-order valence-corrected chi connectivity index (χ0v) is 20.2. The van der Waals surface area contributed by atoms with E-state index in [4.69, 9.17) is 14.5 Å². The zero-order chi connectivity index (χ0) is 22.8. The minimum absolute atomic E-state index is 0.0939. The fourth-order valence-electron chi connectivity index (χ4n) is 4.06. The molecule has 8 heteroatoms. The van der Waals surface area contributed by atoms with Gasteiger partial charge in [-0.1, -0.05) is 31.2 Å². The first kappa shape index (κ1) is 21.9. The highest BCUT2D eigenvalue weighted by Crippen LogP contribution is 2.45. The molecule has 0 saturated carbocycles. The van der Waals surface area contributed by atoms with Crippen LogP contribution in [0.4, 0.5) is 5.00 Å². The maximum Gasteiger partial charge on any atom is 0.262 e. The van der Waals surface area contributed by atoms with Gasteiger partial charge in [0.05, 0.1) is 17.3 Å². The second kappa shape index (κ2) is 9.51. The Bertz CT molecular complexity index is 1260. The van der Waals surface area contributed by atoms with Crippen LogP contribution in [0.1, 0.15) is 17.4 Å². The molecule has 170 valence electrons. The molecule has 3 heterocycles. The Labute approximate surface area is 200 Å². The average molecular weight is 480 g/mol. The van der Waals surface area contributed by atoms with E-state index in [9.17, 15) is 4.79 Å². The minimum atomic E-state index is -0.200. The number of hydrogen-bond acceptors (Lipinski definition) is 7. The number of hydrogen-bond donors (Lipinski definition) is 1. The molecule has 0 bridgehead atoms. The van der Waals surface area contributed by atoms with E-state index in [0.717, 1.165) is 51.8 Å². The molecule has 0 fully saturated rings. The lowest BCUT2D eigenvalue weighted by Gasteiger charge is -2.25. The number of thiophene rings is 1. The molecule has 0 saturated heterocycles. The minimum Gasteiger partial charge on any atom is -0.493 e. The van der Waals surface area contributed by atoms with E-state index in [1.165, 1.54) is 10.4 Å². The van der Waals surface area contributed by atoms with E-state index in [-0.39, 0.29) is 12.5 Å². The summed E-state index contributed by atoms with van der Waals surface area (Å²) in [7, 11) is 1.59. The number of thiazole rings is 1. The van der Waals surface area contributed by atoms with Crippen LogP contribution in [0, 0.1) is 0 Å². The van der Waals surface area contributed by atoms with Crippen LogP contribution in [0.3, 0.4) is 0 Å². The number of benzene rings is 2. The molecule has 0 radical (unpaired) electrons. The van der Waals surface area contributed by atoms with Gasteiger partial charge in [0.25, 0.3) is 5.91 Å². The molecule has 1 N–H and O–H groups in total. The number of ether oxygens (including phenoxy) is 2. The van der Waals surface area contributed by atoms with E-state index < -0.39 is 0 Å². The highest BCUT2D eigenvalue weighted by Gasteiger charge is 2.27. The normalized spacial score (nSPS) is 13.6. The third-order valence-corrected chi connectivity index (χ3v) is 7.96. The summed E-state index contributed by atoms with van der Waals surface area (Å²) >= 11 is 3.33. The van der Waals surface area contributed by atoms with Gasteiger partial charge in [-0.25, -0.2) is 4.98 Å².